The molecular weight excluding hydrogens is 396 g/mol. The fourth-order valence-corrected chi connectivity index (χ4v) is 5.25. The average molecular weight is 425 g/mol. The number of para-hydroxylation sites is 1. The second kappa shape index (κ2) is 9.67. The van der Waals surface area contributed by atoms with Crippen molar-refractivity contribution in [1.82, 2.24) is 4.90 Å². The first kappa shape index (κ1) is 20.9. The highest BCUT2D eigenvalue weighted by molar-refractivity contribution is 7.99. The van der Waals surface area contributed by atoms with E-state index in [-0.39, 0.29) is 17.9 Å². The summed E-state index contributed by atoms with van der Waals surface area (Å²) in [5, 5.41) is 0. The fraction of sp³-hybridized carbons (Fsp3) is 0.417. The molecule has 0 bridgehead atoms. The molecule has 5 nitrogen and oxygen atoms in total. The molecule has 2 aromatic carbocycles. The first-order valence-electron chi connectivity index (χ1n) is 10.6. The molecule has 158 valence electrons. The Hall–Kier alpha value is -2.31. The number of thioether (sulfide) groups is 1. The molecule has 0 aliphatic carbocycles. The van der Waals surface area contributed by atoms with Gasteiger partial charge in [0.25, 0.3) is 5.91 Å². The van der Waals surface area contributed by atoms with Crippen molar-refractivity contribution in [2.75, 3.05) is 30.9 Å². The molecule has 0 spiro atoms. The lowest BCUT2D eigenvalue weighted by atomic mass is 10.0. The van der Waals surface area contributed by atoms with E-state index in [1.54, 1.807) is 28.6 Å². The van der Waals surface area contributed by atoms with E-state index in [0.717, 1.165) is 42.2 Å². The van der Waals surface area contributed by atoms with Crippen LogP contribution in [0.15, 0.2) is 59.5 Å². The van der Waals surface area contributed by atoms with Gasteiger partial charge in [-0.05, 0) is 49.9 Å². The van der Waals surface area contributed by atoms with Gasteiger partial charge in [-0.25, -0.2) is 0 Å². The van der Waals surface area contributed by atoms with Crippen molar-refractivity contribution < 1.29 is 14.3 Å². The number of hydrogen-bond donors (Lipinski definition) is 0. The molecule has 2 aromatic rings. The predicted molar refractivity (Wildman–Crippen MR) is 120 cm³/mol. The van der Waals surface area contributed by atoms with E-state index >= 15 is 0 Å². The summed E-state index contributed by atoms with van der Waals surface area (Å²) in [5.41, 5.74) is 1.55. The number of rotatable bonds is 6. The molecule has 30 heavy (non-hydrogen) atoms. The lowest BCUT2D eigenvalue weighted by Gasteiger charge is -2.37. The number of carbonyl (C=O) groups excluding carboxylic acids is 2. The summed E-state index contributed by atoms with van der Waals surface area (Å²) in [4.78, 5) is 30.9. The molecule has 2 fully saturated rings. The second-order valence-electron chi connectivity index (χ2n) is 7.84. The number of amides is 2. The largest absolute Gasteiger partial charge is 0.377 e. The Labute approximate surface area is 182 Å². The van der Waals surface area contributed by atoms with Crippen molar-refractivity contribution in [1.29, 1.82) is 0 Å². The highest BCUT2D eigenvalue weighted by atomic mass is 32.2. The molecule has 2 aliphatic heterocycles. The maximum atomic E-state index is 13.4. The quantitative estimate of drug-likeness (QED) is 0.652. The minimum atomic E-state index is -0.442. The van der Waals surface area contributed by atoms with Crippen LogP contribution in [0, 0.1) is 0 Å². The molecule has 0 saturated carbocycles. The number of anilines is 1. The summed E-state index contributed by atoms with van der Waals surface area (Å²) in [6.45, 7) is 1.52. The van der Waals surface area contributed by atoms with Crippen LogP contribution < -0.4 is 4.90 Å². The van der Waals surface area contributed by atoms with E-state index in [4.69, 9.17) is 4.74 Å². The number of carbonyl (C=O) groups is 2. The van der Waals surface area contributed by atoms with E-state index in [1.807, 2.05) is 54.6 Å². The highest BCUT2D eigenvalue weighted by Gasteiger charge is 2.35. The minimum Gasteiger partial charge on any atom is -0.377 e. The highest BCUT2D eigenvalue weighted by Crippen LogP contribution is 2.29. The third-order valence-corrected chi connectivity index (χ3v) is 7.04. The molecule has 6 heteroatoms. The summed E-state index contributed by atoms with van der Waals surface area (Å²) >= 11 is 1.67. The van der Waals surface area contributed by atoms with Gasteiger partial charge in [0.1, 0.15) is 6.04 Å². The molecule has 2 unspecified atom stereocenters. The van der Waals surface area contributed by atoms with Gasteiger partial charge in [0.2, 0.25) is 5.91 Å². The number of benzene rings is 2. The van der Waals surface area contributed by atoms with E-state index in [1.165, 1.54) is 0 Å². The lowest BCUT2D eigenvalue weighted by molar-refractivity contribution is -0.124. The molecule has 2 atom stereocenters. The number of piperidine rings is 1. The Balaban J connectivity index is 1.48. The molecule has 2 heterocycles. The molecule has 4 rings (SSSR count). The molecule has 0 N–H and O–H groups in total. The molecule has 2 saturated heterocycles. The minimum absolute atomic E-state index is 0.00668. The normalized spacial score (nSPS) is 21.6. The van der Waals surface area contributed by atoms with Crippen LogP contribution in [0.5, 0.6) is 0 Å². The smallest absolute Gasteiger partial charge is 0.255 e. The number of ether oxygens (including phenoxy) is 1. The maximum absolute atomic E-state index is 13.4. The van der Waals surface area contributed by atoms with Gasteiger partial charge in [-0.2, -0.15) is 0 Å². The van der Waals surface area contributed by atoms with Gasteiger partial charge in [-0.3, -0.25) is 9.59 Å². The number of hydrogen-bond acceptors (Lipinski definition) is 4. The summed E-state index contributed by atoms with van der Waals surface area (Å²) in [5.74, 6) is 0.740. The van der Waals surface area contributed by atoms with Crippen LogP contribution in [0.4, 0.5) is 5.69 Å². The molecule has 0 radical (unpaired) electrons. The van der Waals surface area contributed by atoms with Gasteiger partial charge < -0.3 is 14.5 Å². The van der Waals surface area contributed by atoms with E-state index in [2.05, 4.69) is 0 Å². The van der Waals surface area contributed by atoms with Gasteiger partial charge in [-0.15, -0.1) is 11.8 Å². The Morgan fingerprint density at radius 1 is 1.10 bits per heavy atom. The molecule has 2 aliphatic rings. The van der Waals surface area contributed by atoms with E-state index < -0.39 is 6.04 Å². The first-order valence-corrected chi connectivity index (χ1v) is 11.6. The van der Waals surface area contributed by atoms with Gasteiger partial charge in [-0.1, -0.05) is 30.3 Å². The van der Waals surface area contributed by atoms with Crippen LogP contribution in [-0.4, -0.2) is 54.8 Å². The summed E-state index contributed by atoms with van der Waals surface area (Å²) in [6, 6.07) is 16.9. The van der Waals surface area contributed by atoms with E-state index in [9.17, 15) is 9.59 Å². The van der Waals surface area contributed by atoms with Crippen molar-refractivity contribution in [3.8, 4) is 0 Å². The summed E-state index contributed by atoms with van der Waals surface area (Å²) < 4.78 is 5.72. The topological polar surface area (TPSA) is 49.9 Å². The predicted octanol–water partition coefficient (Wildman–Crippen LogP) is 4.23. The van der Waals surface area contributed by atoms with Crippen LogP contribution in [0.25, 0.3) is 0 Å². The van der Waals surface area contributed by atoms with Crippen LogP contribution in [0.2, 0.25) is 0 Å². The average Bonchev–Trinajstić information content (AvgIpc) is 3.31. The Morgan fingerprint density at radius 2 is 1.87 bits per heavy atom. The van der Waals surface area contributed by atoms with Gasteiger partial charge >= 0.3 is 0 Å². The standard InChI is InChI=1S/C24H28N2O3S/c1-25(21-13-7-15-26(24(21)28)18-9-3-2-4-10-18)23(27)20-12-5-6-14-22(20)30-17-19-11-8-16-29-19/h2-6,9-10,12,14,19,21H,7-8,11,13,15-17H2,1H3. The maximum Gasteiger partial charge on any atom is 0.255 e. The zero-order valence-electron chi connectivity index (χ0n) is 17.3. The Bertz CT molecular complexity index is 883. The van der Waals surface area contributed by atoms with E-state index in [0.29, 0.717) is 18.5 Å². The van der Waals surface area contributed by atoms with Crippen molar-refractivity contribution in [3.05, 3.63) is 60.2 Å². The second-order valence-corrected chi connectivity index (χ2v) is 8.90. The van der Waals surface area contributed by atoms with Crippen LogP contribution in [-0.2, 0) is 9.53 Å². The van der Waals surface area contributed by atoms with Crippen LogP contribution >= 0.6 is 11.8 Å². The van der Waals surface area contributed by atoms with Crippen molar-refractivity contribution in [2.24, 2.45) is 0 Å². The van der Waals surface area contributed by atoms with Crippen LogP contribution in [0.3, 0.4) is 0 Å². The molecule has 0 aromatic heterocycles. The van der Waals surface area contributed by atoms with Crippen LogP contribution in [0.1, 0.15) is 36.0 Å². The van der Waals surface area contributed by atoms with Gasteiger partial charge in [0.05, 0.1) is 11.7 Å². The third kappa shape index (κ3) is 4.55. The van der Waals surface area contributed by atoms with Crippen molar-refractivity contribution in [2.45, 2.75) is 42.7 Å². The Morgan fingerprint density at radius 3 is 2.63 bits per heavy atom. The van der Waals surface area contributed by atoms with Crippen molar-refractivity contribution in [3.63, 3.8) is 0 Å². The number of nitrogens with zero attached hydrogens (tertiary/aromatic N) is 2. The zero-order chi connectivity index (χ0) is 20.9. The zero-order valence-corrected chi connectivity index (χ0v) is 18.1. The third-order valence-electron chi connectivity index (χ3n) is 5.83. The fourth-order valence-electron chi connectivity index (χ4n) is 4.14. The van der Waals surface area contributed by atoms with Crippen molar-refractivity contribution >= 4 is 29.3 Å². The monoisotopic (exact) mass is 424 g/mol. The molecular formula is C24H28N2O3S. The Kier molecular flexibility index (Phi) is 6.75. The number of likely N-dealkylation sites (N-methyl/N-ethyl adjacent to an activating group) is 1. The lowest BCUT2D eigenvalue weighted by Crippen LogP contribution is -2.53. The first-order chi connectivity index (χ1) is 14.6. The summed E-state index contributed by atoms with van der Waals surface area (Å²) in [7, 11) is 1.75. The SMILES string of the molecule is CN(C(=O)c1ccccc1SCC1CCCO1)C1CCCN(c2ccccc2)C1=O. The summed E-state index contributed by atoms with van der Waals surface area (Å²) in [6.07, 6.45) is 4.01. The molecule has 2 amide bonds. The van der Waals surface area contributed by atoms with Gasteiger partial charge in [0.15, 0.2) is 0 Å². The van der Waals surface area contributed by atoms with Gasteiger partial charge in [0, 0.05) is 36.5 Å².